The van der Waals surface area contributed by atoms with Crippen LogP contribution >= 0.6 is 0 Å². The van der Waals surface area contributed by atoms with Crippen LogP contribution in [0.25, 0.3) is 5.57 Å². The number of hydrogen-bond donors (Lipinski definition) is 0. The van der Waals surface area contributed by atoms with E-state index in [0.717, 1.165) is 28.2 Å². The minimum absolute atomic E-state index is 0.142. The molecule has 2 atom stereocenters. The molecule has 2 aliphatic rings. The Labute approximate surface area is 179 Å². The number of rotatable bonds is 3. The summed E-state index contributed by atoms with van der Waals surface area (Å²) in [5.74, 6) is -2.99. The zero-order chi connectivity index (χ0) is 22.4. The summed E-state index contributed by atoms with van der Waals surface area (Å²) >= 11 is 0. The minimum Gasteiger partial charge on any atom is -0.372 e. The topological polar surface area (TPSA) is 49.9 Å². The minimum atomic E-state index is -0.967. The third kappa shape index (κ3) is 3.74. The number of aryl methyl sites for hydroxylation is 2. The van der Waals surface area contributed by atoms with Crippen LogP contribution < -0.4 is 4.90 Å². The summed E-state index contributed by atoms with van der Waals surface area (Å²) in [4.78, 5) is 29.6. The summed E-state index contributed by atoms with van der Waals surface area (Å²) in [5, 5.41) is 0. The normalized spacial score (nSPS) is 22.0. The quantitative estimate of drug-likeness (QED) is 0.697. The number of hydrogen-bond acceptors (Lipinski definition) is 4. The van der Waals surface area contributed by atoms with E-state index in [1.807, 2.05) is 44.7 Å². The van der Waals surface area contributed by atoms with Crippen LogP contribution in [0.1, 0.15) is 30.5 Å². The Bertz CT molecular complexity index is 1100. The average Bonchev–Trinajstić information content (AvgIpc) is 2.94. The third-order valence-electron chi connectivity index (χ3n) is 5.74. The van der Waals surface area contributed by atoms with Gasteiger partial charge < -0.3 is 9.64 Å². The molecule has 2 heterocycles. The molecular weight excluding hydrogens is 402 g/mol. The van der Waals surface area contributed by atoms with E-state index in [-0.39, 0.29) is 29.2 Å². The monoisotopic (exact) mass is 426 g/mol. The Morgan fingerprint density at radius 1 is 0.903 bits per heavy atom. The molecule has 0 saturated carbocycles. The van der Waals surface area contributed by atoms with Gasteiger partial charge in [-0.05, 0) is 56.5 Å². The summed E-state index contributed by atoms with van der Waals surface area (Å²) in [7, 11) is 0. The van der Waals surface area contributed by atoms with Gasteiger partial charge in [-0.15, -0.1) is 0 Å². The molecule has 2 unspecified atom stereocenters. The zero-order valence-corrected chi connectivity index (χ0v) is 17.9. The Hall–Kier alpha value is -3.06. The Kier molecular flexibility index (Phi) is 5.39. The lowest BCUT2D eigenvalue weighted by atomic mass is 9.99. The molecule has 7 heteroatoms. The van der Waals surface area contributed by atoms with Gasteiger partial charge in [0.15, 0.2) is 0 Å². The average molecular weight is 426 g/mol. The maximum Gasteiger partial charge on any atom is 0.282 e. The highest BCUT2D eigenvalue weighted by Crippen LogP contribution is 2.37. The molecule has 0 aliphatic carbocycles. The lowest BCUT2D eigenvalue weighted by molar-refractivity contribution is -0.121. The molecule has 2 aromatic carbocycles. The molecule has 0 spiro atoms. The van der Waals surface area contributed by atoms with Crippen molar-refractivity contribution in [1.82, 2.24) is 4.90 Å². The molecule has 5 nitrogen and oxygen atoms in total. The molecular formula is C24H24F2N2O3. The second-order valence-corrected chi connectivity index (χ2v) is 8.23. The number of morpholine rings is 1. The fourth-order valence-electron chi connectivity index (χ4n) is 4.21. The van der Waals surface area contributed by atoms with Crippen LogP contribution in [0, 0.1) is 25.5 Å². The van der Waals surface area contributed by atoms with Crippen LogP contribution in [0.2, 0.25) is 0 Å². The fourth-order valence-corrected chi connectivity index (χ4v) is 4.21. The molecule has 31 heavy (non-hydrogen) atoms. The number of halogens is 2. The maximum atomic E-state index is 14.6. The van der Waals surface area contributed by atoms with E-state index in [2.05, 4.69) is 0 Å². The highest BCUT2D eigenvalue weighted by atomic mass is 19.1. The first-order valence-electron chi connectivity index (χ1n) is 10.2. The van der Waals surface area contributed by atoms with Crippen molar-refractivity contribution in [3.63, 3.8) is 0 Å². The summed E-state index contributed by atoms with van der Waals surface area (Å²) in [6.45, 7) is 8.53. The van der Waals surface area contributed by atoms with E-state index in [4.69, 9.17) is 4.74 Å². The molecule has 1 saturated heterocycles. The molecule has 0 bridgehead atoms. The number of benzene rings is 2. The van der Waals surface area contributed by atoms with Gasteiger partial charge in [0.2, 0.25) is 0 Å². The summed E-state index contributed by atoms with van der Waals surface area (Å²) in [6, 6.07) is 8.35. The highest BCUT2D eigenvalue weighted by molar-refractivity contribution is 6.45. The molecule has 4 rings (SSSR count). The van der Waals surface area contributed by atoms with E-state index >= 15 is 0 Å². The number of carbonyl (C=O) groups is 2. The van der Waals surface area contributed by atoms with Gasteiger partial charge in [0.05, 0.1) is 23.5 Å². The number of nitrogens with zero attached hydrogens (tertiary/aromatic N) is 2. The second kappa shape index (κ2) is 7.89. The van der Waals surface area contributed by atoms with E-state index in [9.17, 15) is 18.4 Å². The molecule has 1 fully saturated rings. The van der Waals surface area contributed by atoms with Crippen molar-refractivity contribution < 1.29 is 23.1 Å². The van der Waals surface area contributed by atoms with Gasteiger partial charge in [-0.1, -0.05) is 18.2 Å². The SMILES string of the molecule is Cc1ccc(C2=C(N3CC(C)OC(C)C3)C(=O)N(c3ccc(F)cc3F)C2=O)cc1C. The van der Waals surface area contributed by atoms with Crippen molar-refractivity contribution in [3.05, 3.63) is 70.4 Å². The molecule has 2 amide bonds. The highest BCUT2D eigenvalue weighted by Gasteiger charge is 2.44. The summed E-state index contributed by atoms with van der Waals surface area (Å²) < 4.78 is 33.8. The number of amides is 2. The Balaban J connectivity index is 1.87. The third-order valence-corrected chi connectivity index (χ3v) is 5.74. The van der Waals surface area contributed by atoms with Crippen LogP contribution in [0.5, 0.6) is 0 Å². The van der Waals surface area contributed by atoms with Crippen LogP contribution in [0.3, 0.4) is 0 Å². The predicted octanol–water partition coefficient (Wildman–Crippen LogP) is 3.98. The molecule has 162 valence electrons. The standard InChI is InChI=1S/C24H24F2N2O3/c1-13-5-6-17(9-14(13)2)21-22(27-11-15(3)31-16(4)12-27)24(30)28(23(21)29)20-8-7-18(25)10-19(20)26/h5-10,15-16H,11-12H2,1-4H3. The first kappa shape index (κ1) is 21.2. The van der Waals surface area contributed by atoms with Gasteiger partial charge in [-0.25, -0.2) is 13.7 Å². The molecule has 2 aliphatic heterocycles. The van der Waals surface area contributed by atoms with Crippen LogP contribution in [-0.4, -0.2) is 42.0 Å². The maximum absolute atomic E-state index is 14.6. The van der Waals surface area contributed by atoms with Crippen molar-refractivity contribution in [1.29, 1.82) is 0 Å². The van der Waals surface area contributed by atoms with Crippen LogP contribution in [0.15, 0.2) is 42.1 Å². The molecule has 0 aromatic heterocycles. The fraction of sp³-hybridized carbons (Fsp3) is 0.333. The van der Waals surface area contributed by atoms with Crippen LogP contribution in [-0.2, 0) is 14.3 Å². The van der Waals surface area contributed by atoms with E-state index in [1.165, 1.54) is 0 Å². The lowest BCUT2D eigenvalue weighted by Crippen LogP contribution is -2.47. The van der Waals surface area contributed by atoms with Gasteiger partial charge >= 0.3 is 0 Å². The Morgan fingerprint density at radius 3 is 2.19 bits per heavy atom. The first-order chi connectivity index (χ1) is 14.7. The van der Waals surface area contributed by atoms with Crippen molar-refractivity contribution in [2.45, 2.75) is 39.9 Å². The van der Waals surface area contributed by atoms with Gasteiger partial charge in [-0.3, -0.25) is 9.59 Å². The number of anilines is 1. The van der Waals surface area contributed by atoms with Crippen LogP contribution in [0.4, 0.5) is 14.5 Å². The van der Waals surface area contributed by atoms with Crippen molar-refractivity contribution in [3.8, 4) is 0 Å². The van der Waals surface area contributed by atoms with Gasteiger partial charge in [0, 0.05) is 19.2 Å². The summed E-state index contributed by atoms with van der Waals surface area (Å²) in [5.41, 5.74) is 2.80. The molecule has 0 radical (unpaired) electrons. The van der Waals surface area contributed by atoms with E-state index < -0.39 is 23.4 Å². The molecule has 0 N–H and O–H groups in total. The van der Waals surface area contributed by atoms with Crippen molar-refractivity contribution in [2.75, 3.05) is 18.0 Å². The smallest absolute Gasteiger partial charge is 0.282 e. The van der Waals surface area contributed by atoms with Crippen molar-refractivity contribution in [2.24, 2.45) is 0 Å². The van der Waals surface area contributed by atoms with Gasteiger partial charge in [0.1, 0.15) is 17.3 Å². The number of ether oxygens (including phenoxy) is 1. The lowest BCUT2D eigenvalue weighted by Gasteiger charge is -2.37. The second-order valence-electron chi connectivity index (χ2n) is 8.23. The van der Waals surface area contributed by atoms with Crippen molar-refractivity contribution >= 4 is 23.1 Å². The Morgan fingerprint density at radius 2 is 1.58 bits per heavy atom. The predicted molar refractivity (Wildman–Crippen MR) is 113 cm³/mol. The zero-order valence-electron chi connectivity index (χ0n) is 17.9. The number of imide groups is 1. The van der Waals surface area contributed by atoms with Gasteiger partial charge in [-0.2, -0.15) is 0 Å². The molecule has 2 aromatic rings. The largest absolute Gasteiger partial charge is 0.372 e. The first-order valence-corrected chi connectivity index (χ1v) is 10.2. The van der Waals surface area contributed by atoms with E-state index in [1.54, 1.807) is 6.07 Å². The van der Waals surface area contributed by atoms with Gasteiger partial charge in [0.25, 0.3) is 11.8 Å². The summed E-state index contributed by atoms with van der Waals surface area (Å²) in [6.07, 6.45) is -0.284. The van der Waals surface area contributed by atoms with E-state index in [0.29, 0.717) is 24.7 Å². The number of carbonyl (C=O) groups excluding carboxylic acids is 2.